The molecule has 1 fully saturated rings. The van der Waals surface area contributed by atoms with Crippen LogP contribution >= 0.6 is 11.3 Å². The number of aliphatic hydroxyl groups excluding tert-OH is 2. The Labute approximate surface area is 232 Å². The molecule has 1 aromatic rings. The van der Waals surface area contributed by atoms with E-state index in [-0.39, 0.29) is 23.5 Å². The van der Waals surface area contributed by atoms with Crippen LogP contribution in [0.1, 0.15) is 91.8 Å². The largest absolute Gasteiger partial charge is 0.457 e. The maximum absolute atomic E-state index is 13.4. The van der Waals surface area contributed by atoms with Crippen molar-refractivity contribution in [2.45, 2.75) is 106 Å². The maximum atomic E-state index is 13.4. The molecule has 0 saturated heterocycles. The Morgan fingerprint density at radius 2 is 1.84 bits per heavy atom. The molecule has 1 aromatic heterocycles. The molecule has 1 saturated carbocycles. The number of fused-ring (bicyclic) bond motifs is 1. The lowest BCUT2D eigenvalue weighted by atomic mass is 9.72. The van der Waals surface area contributed by atoms with Crippen molar-refractivity contribution >= 4 is 29.2 Å². The molecule has 0 radical (unpaired) electrons. The van der Waals surface area contributed by atoms with Crippen LogP contribution in [0.5, 0.6) is 0 Å². The number of ketones is 1. The fraction of sp³-hybridized carbons (Fsp3) is 0.710. The van der Waals surface area contributed by atoms with Gasteiger partial charge in [-0.2, -0.15) is 0 Å². The third-order valence-corrected chi connectivity index (χ3v) is 9.55. The van der Waals surface area contributed by atoms with E-state index in [2.05, 4.69) is 31.8 Å². The first-order chi connectivity index (χ1) is 17.5. The summed E-state index contributed by atoms with van der Waals surface area (Å²) in [6, 6.07) is 0. The molecule has 7 heteroatoms. The summed E-state index contributed by atoms with van der Waals surface area (Å²) in [7, 11) is 0. The number of ether oxygens (including phenoxy) is 1. The van der Waals surface area contributed by atoms with Gasteiger partial charge in [-0.3, -0.25) is 9.59 Å². The van der Waals surface area contributed by atoms with Gasteiger partial charge in [-0.25, -0.2) is 4.98 Å². The van der Waals surface area contributed by atoms with Crippen molar-refractivity contribution < 1.29 is 24.5 Å². The summed E-state index contributed by atoms with van der Waals surface area (Å²) < 4.78 is 5.96. The van der Waals surface area contributed by atoms with E-state index in [1.54, 1.807) is 32.1 Å². The number of allylic oxidation sites excluding steroid dienone is 1. The Hall–Kier alpha value is -1.83. The molecule has 0 unspecified atom stereocenters. The predicted molar refractivity (Wildman–Crippen MR) is 152 cm³/mol. The summed E-state index contributed by atoms with van der Waals surface area (Å²) >= 11 is 1.57. The average molecular weight is 546 g/mol. The number of carbonyl (C=O) groups is 2. The van der Waals surface area contributed by atoms with Gasteiger partial charge < -0.3 is 14.9 Å². The summed E-state index contributed by atoms with van der Waals surface area (Å²) in [5, 5.41) is 25.1. The van der Waals surface area contributed by atoms with Gasteiger partial charge in [0.25, 0.3) is 0 Å². The lowest BCUT2D eigenvalue weighted by Gasteiger charge is -2.34. The van der Waals surface area contributed by atoms with Crippen molar-refractivity contribution in [2.24, 2.45) is 34.5 Å². The number of Topliss-reactive ketones (excluding diaryl/α,β-unsaturated/α-hetero) is 1. The van der Waals surface area contributed by atoms with Crippen molar-refractivity contribution in [2.75, 3.05) is 0 Å². The zero-order chi connectivity index (χ0) is 28.6. The van der Waals surface area contributed by atoms with Gasteiger partial charge in [0, 0.05) is 17.7 Å². The number of aliphatic hydroxyl groups is 2. The molecule has 3 rings (SSSR count). The molecular weight excluding hydrogens is 498 g/mol. The molecule has 0 bridgehead atoms. The first-order valence-corrected chi connectivity index (χ1v) is 14.8. The van der Waals surface area contributed by atoms with Crippen LogP contribution in [0.15, 0.2) is 22.6 Å². The van der Waals surface area contributed by atoms with Gasteiger partial charge in [0.15, 0.2) is 0 Å². The maximum Gasteiger partial charge on any atom is 0.309 e. The Balaban J connectivity index is 1.98. The summed E-state index contributed by atoms with van der Waals surface area (Å²) in [6.07, 6.45) is 3.83. The van der Waals surface area contributed by atoms with Crippen molar-refractivity contribution in [1.82, 2.24) is 4.98 Å². The fourth-order valence-electron chi connectivity index (χ4n) is 5.71. The zero-order valence-corrected chi connectivity index (χ0v) is 25.4. The highest BCUT2D eigenvalue weighted by molar-refractivity contribution is 7.09. The average Bonchev–Trinajstić information content (AvgIpc) is 3.48. The monoisotopic (exact) mass is 545 g/mol. The Kier molecular flexibility index (Phi) is 9.48. The summed E-state index contributed by atoms with van der Waals surface area (Å²) in [4.78, 5) is 31.0. The third kappa shape index (κ3) is 7.22. The van der Waals surface area contributed by atoms with Crippen LogP contribution in [-0.2, 0) is 14.3 Å². The minimum Gasteiger partial charge on any atom is -0.457 e. The van der Waals surface area contributed by atoms with Crippen molar-refractivity contribution in [3.8, 4) is 0 Å². The normalized spacial score (nSPS) is 35.2. The number of aryl methyl sites for hydroxylation is 1. The third-order valence-electron chi connectivity index (χ3n) is 8.76. The number of hydrogen-bond acceptors (Lipinski definition) is 7. The first-order valence-electron chi connectivity index (χ1n) is 13.9. The lowest BCUT2D eigenvalue weighted by Crippen LogP contribution is -2.46. The number of rotatable bonds is 2. The second kappa shape index (κ2) is 11.7. The molecule has 0 aromatic carbocycles. The van der Waals surface area contributed by atoms with Gasteiger partial charge in [-0.1, -0.05) is 60.1 Å². The highest BCUT2D eigenvalue weighted by Gasteiger charge is 2.48. The molecule has 1 aliphatic heterocycles. The molecule has 2 heterocycles. The van der Waals surface area contributed by atoms with E-state index < -0.39 is 35.6 Å². The lowest BCUT2D eigenvalue weighted by molar-refractivity contribution is -0.154. The van der Waals surface area contributed by atoms with Crippen molar-refractivity contribution in [3.63, 3.8) is 0 Å². The number of thiazole rings is 1. The van der Waals surface area contributed by atoms with Gasteiger partial charge in [0.2, 0.25) is 0 Å². The molecular formula is C31H47NO5S. The molecule has 212 valence electrons. The summed E-state index contributed by atoms with van der Waals surface area (Å²) in [6.45, 7) is 17.6. The predicted octanol–water partition coefficient (Wildman–Crippen LogP) is 6.15. The number of aromatic nitrogens is 1. The number of hydrogen-bond donors (Lipinski definition) is 2. The van der Waals surface area contributed by atoms with E-state index in [1.807, 2.05) is 32.2 Å². The van der Waals surface area contributed by atoms with E-state index in [9.17, 15) is 19.8 Å². The van der Waals surface area contributed by atoms with E-state index in [0.29, 0.717) is 18.3 Å². The SMILES string of the molecule is C/C(=C\c1csc(C)n1)[C@H]1C/C=C(/C(C)(C)C)C[C@H]2C[C@H]2[C@H](C)[C@H](O)[C@@H](C)C(=O)C(C)(C)[C@@H](O)CC(=O)O1. The molecule has 2 aliphatic rings. The number of carbonyl (C=O) groups excluding carboxylic acids is 2. The van der Waals surface area contributed by atoms with Crippen LogP contribution in [0.25, 0.3) is 6.08 Å². The second-order valence-corrected chi connectivity index (χ2v) is 14.2. The van der Waals surface area contributed by atoms with Gasteiger partial charge in [-0.05, 0) is 61.5 Å². The number of nitrogens with zero attached hydrogens (tertiary/aromatic N) is 1. The summed E-state index contributed by atoms with van der Waals surface area (Å²) in [5.41, 5.74) is 1.78. The highest BCUT2D eigenvalue weighted by atomic mass is 32.1. The van der Waals surface area contributed by atoms with E-state index in [0.717, 1.165) is 29.1 Å². The fourth-order valence-corrected chi connectivity index (χ4v) is 6.28. The van der Waals surface area contributed by atoms with Gasteiger partial charge in [0.05, 0.1) is 34.7 Å². The molecule has 0 amide bonds. The van der Waals surface area contributed by atoms with E-state index >= 15 is 0 Å². The van der Waals surface area contributed by atoms with Crippen LogP contribution in [0, 0.1) is 41.4 Å². The summed E-state index contributed by atoms with van der Waals surface area (Å²) in [5.74, 6) is -0.637. The molecule has 2 N–H and O–H groups in total. The van der Waals surface area contributed by atoms with E-state index in [1.165, 1.54) is 5.57 Å². The second-order valence-electron chi connectivity index (χ2n) is 13.2. The van der Waals surface area contributed by atoms with E-state index in [4.69, 9.17) is 4.74 Å². The highest BCUT2D eigenvalue weighted by Crippen LogP contribution is 2.52. The zero-order valence-electron chi connectivity index (χ0n) is 24.6. The molecule has 7 atom stereocenters. The first kappa shape index (κ1) is 30.7. The van der Waals surface area contributed by atoms with Gasteiger partial charge >= 0.3 is 5.97 Å². The molecule has 6 nitrogen and oxygen atoms in total. The smallest absolute Gasteiger partial charge is 0.309 e. The standard InChI is InChI=1S/C31H47NO5S/c1-17(12-23-16-38-20(4)32-23)25-11-10-22(30(5,6)7)13-21-14-24(21)18(2)28(35)19(3)29(36)31(8,9)26(33)15-27(34)37-25/h10,12,16,18-19,21,24-26,28,33,35H,11,13-15H2,1-9H3/b17-12+,22-10+/t18-,19+,21-,24-,25+,26-,28-/m0/s1. The van der Waals surface area contributed by atoms with Crippen molar-refractivity contribution in [3.05, 3.63) is 33.3 Å². The topological polar surface area (TPSA) is 96.7 Å². The van der Waals surface area contributed by atoms with Crippen LogP contribution in [0.3, 0.4) is 0 Å². The van der Waals surface area contributed by atoms with Crippen LogP contribution in [0.2, 0.25) is 0 Å². The molecule has 38 heavy (non-hydrogen) atoms. The molecule has 0 spiro atoms. The van der Waals surface area contributed by atoms with Crippen molar-refractivity contribution in [1.29, 1.82) is 0 Å². The Bertz CT molecular complexity index is 1080. The Morgan fingerprint density at radius 3 is 2.42 bits per heavy atom. The quantitative estimate of drug-likeness (QED) is 0.342. The van der Waals surface area contributed by atoms with Gasteiger partial charge in [0.1, 0.15) is 11.9 Å². The number of cyclic esters (lactones) is 1. The minimum absolute atomic E-state index is 0.0227. The Morgan fingerprint density at radius 1 is 1.18 bits per heavy atom. The molecule has 1 aliphatic carbocycles. The van der Waals surface area contributed by atoms with Crippen LogP contribution in [-0.4, -0.2) is 45.3 Å². The minimum atomic E-state index is -1.22. The van der Waals surface area contributed by atoms with Crippen LogP contribution in [0.4, 0.5) is 0 Å². The van der Waals surface area contributed by atoms with Gasteiger partial charge in [-0.15, -0.1) is 11.3 Å². The number of esters is 1. The van der Waals surface area contributed by atoms with Crippen LogP contribution < -0.4 is 0 Å².